The summed E-state index contributed by atoms with van der Waals surface area (Å²) in [6.45, 7) is 2.26. The first kappa shape index (κ1) is 14.5. The number of aromatic nitrogens is 1. The molecule has 2 unspecified atom stereocenters. The number of carbonyl (C=O) groups is 1. The number of esters is 1. The first-order valence-corrected chi connectivity index (χ1v) is 8.49. The predicted octanol–water partition coefficient (Wildman–Crippen LogP) is 3.94. The van der Waals surface area contributed by atoms with E-state index in [9.17, 15) is 4.79 Å². The normalized spacial score (nSPS) is 20.1. The highest BCUT2D eigenvalue weighted by Crippen LogP contribution is 2.36. The third-order valence-corrected chi connectivity index (χ3v) is 4.64. The highest BCUT2D eigenvalue weighted by atomic mass is 79.9. The van der Waals surface area contributed by atoms with Gasteiger partial charge in [0, 0.05) is 21.5 Å². The van der Waals surface area contributed by atoms with Crippen LogP contribution in [0.3, 0.4) is 0 Å². The molecular formula is C15H15BrN2O2S. The molecule has 1 heterocycles. The SMILES string of the molecule is CCOC(=O)C1CC1Nc1nc(-c2ccc(Br)cc2)cs1. The van der Waals surface area contributed by atoms with E-state index < -0.39 is 0 Å². The minimum absolute atomic E-state index is 0.0232. The Bertz CT molecular complexity index is 641. The van der Waals surface area contributed by atoms with Gasteiger partial charge in [-0.1, -0.05) is 28.1 Å². The quantitative estimate of drug-likeness (QED) is 0.814. The Hall–Kier alpha value is -1.40. The van der Waals surface area contributed by atoms with Crippen molar-refractivity contribution in [2.24, 2.45) is 5.92 Å². The summed E-state index contributed by atoms with van der Waals surface area (Å²) in [6.07, 6.45) is 0.825. The van der Waals surface area contributed by atoms with Gasteiger partial charge in [0.2, 0.25) is 0 Å². The van der Waals surface area contributed by atoms with Crippen LogP contribution < -0.4 is 5.32 Å². The Morgan fingerprint density at radius 3 is 2.95 bits per heavy atom. The van der Waals surface area contributed by atoms with Crippen LogP contribution in [0.2, 0.25) is 0 Å². The van der Waals surface area contributed by atoms with Crippen molar-refractivity contribution in [3.8, 4) is 11.3 Å². The molecule has 0 spiro atoms. The maximum atomic E-state index is 11.6. The standard InChI is InChI=1S/C15H15BrN2O2S/c1-2-20-14(19)11-7-12(11)17-15-18-13(8-21-15)9-3-5-10(16)6-4-9/h3-6,8,11-12H,2,7H2,1H3,(H,17,18). The van der Waals surface area contributed by atoms with Crippen LogP contribution in [0.4, 0.5) is 5.13 Å². The van der Waals surface area contributed by atoms with Gasteiger partial charge in [0.25, 0.3) is 0 Å². The van der Waals surface area contributed by atoms with Crippen LogP contribution >= 0.6 is 27.3 Å². The van der Waals surface area contributed by atoms with Crippen molar-refractivity contribution in [2.45, 2.75) is 19.4 Å². The van der Waals surface area contributed by atoms with E-state index in [0.717, 1.165) is 27.3 Å². The van der Waals surface area contributed by atoms with Crippen LogP contribution in [0.5, 0.6) is 0 Å². The van der Waals surface area contributed by atoms with E-state index >= 15 is 0 Å². The summed E-state index contributed by atoms with van der Waals surface area (Å²) in [5.41, 5.74) is 2.03. The van der Waals surface area contributed by atoms with Gasteiger partial charge >= 0.3 is 5.97 Å². The molecule has 0 amide bonds. The van der Waals surface area contributed by atoms with Gasteiger partial charge in [0.05, 0.1) is 18.2 Å². The summed E-state index contributed by atoms with van der Waals surface area (Å²) in [7, 11) is 0. The molecule has 0 aliphatic heterocycles. The van der Waals surface area contributed by atoms with Crippen LogP contribution in [0.25, 0.3) is 11.3 Å². The molecule has 1 N–H and O–H groups in total. The van der Waals surface area contributed by atoms with E-state index in [0.29, 0.717) is 6.61 Å². The first-order valence-electron chi connectivity index (χ1n) is 6.82. The average Bonchev–Trinajstić information content (AvgIpc) is 3.08. The molecule has 4 nitrogen and oxygen atoms in total. The number of anilines is 1. The lowest BCUT2D eigenvalue weighted by molar-refractivity contribution is -0.144. The van der Waals surface area contributed by atoms with E-state index in [2.05, 4.69) is 26.2 Å². The molecule has 2 atom stereocenters. The zero-order chi connectivity index (χ0) is 14.8. The molecule has 1 aliphatic carbocycles. The van der Waals surface area contributed by atoms with Crippen molar-refractivity contribution in [1.29, 1.82) is 0 Å². The number of halogens is 1. The molecule has 1 saturated carbocycles. The number of rotatable bonds is 5. The second kappa shape index (κ2) is 6.15. The molecule has 0 bridgehead atoms. The smallest absolute Gasteiger partial charge is 0.311 e. The summed E-state index contributed by atoms with van der Waals surface area (Å²) in [4.78, 5) is 16.2. The van der Waals surface area contributed by atoms with Crippen LogP contribution in [0.1, 0.15) is 13.3 Å². The number of thiazole rings is 1. The van der Waals surface area contributed by atoms with E-state index in [4.69, 9.17) is 4.74 Å². The fraction of sp³-hybridized carbons (Fsp3) is 0.333. The minimum atomic E-state index is -0.111. The number of nitrogens with one attached hydrogen (secondary N) is 1. The molecule has 21 heavy (non-hydrogen) atoms. The lowest BCUT2D eigenvalue weighted by Crippen LogP contribution is -2.13. The van der Waals surface area contributed by atoms with Crippen molar-refractivity contribution in [2.75, 3.05) is 11.9 Å². The van der Waals surface area contributed by atoms with E-state index in [1.807, 2.05) is 36.6 Å². The third kappa shape index (κ3) is 3.44. The Balaban J connectivity index is 1.62. The highest BCUT2D eigenvalue weighted by molar-refractivity contribution is 9.10. The molecule has 3 rings (SSSR count). The summed E-state index contributed by atoms with van der Waals surface area (Å²) in [5.74, 6) is -0.135. The zero-order valence-electron chi connectivity index (χ0n) is 11.5. The van der Waals surface area contributed by atoms with Crippen molar-refractivity contribution < 1.29 is 9.53 Å². The molecule has 2 aromatic rings. The van der Waals surface area contributed by atoms with E-state index in [-0.39, 0.29) is 17.9 Å². The maximum absolute atomic E-state index is 11.6. The van der Waals surface area contributed by atoms with E-state index in [1.165, 1.54) is 0 Å². The van der Waals surface area contributed by atoms with Gasteiger partial charge in [0.15, 0.2) is 5.13 Å². The lowest BCUT2D eigenvalue weighted by atomic mass is 10.2. The van der Waals surface area contributed by atoms with Gasteiger partial charge in [-0.15, -0.1) is 11.3 Å². The van der Waals surface area contributed by atoms with Gasteiger partial charge in [-0.2, -0.15) is 0 Å². The number of carbonyl (C=O) groups excluding carboxylic acids is 1. The second-order valence-corrected chi connectivity index (χ2v) is 6.66. The van der Waals surface area contributed by atoms with Crippen molar-refractivity contribution in [3.05, 3.63) is 34.1 Å². The maximum Gasteiger partial charge on any atom is 0.311 e. The summed E-state index contributed by atoms with van der Waals surface area (Å²) in [5, 5.41) is 6.18. The van der Waals surface area contributed by atoms with Crippen molar-refractivity contribution in [1.82, 2.24) is 4.98 Å². The van der Waals surface area contributed by atoms with Crippen molar-refractivity contribution in [3.63, 3.8) is 0 Å². The molecule has 110 valence electrons. The predicted molar refractivity (Wildman–Crippen MR) is 87.4 cm³/mol. The van der Waals surface area contributed by atoms with Gasteiger partial charge in [0.1, 0.15) is 0 Å². The molecular weight excluding hydrogens is 352 g/mol. The summed E-state index contributed by atoms with van der Waals surface area (Å²) >= 11 is 4.98. The fourth-order valence-electron chi connectivity index (χ4n) is 2.12. The van der Waals surface area contributed by atoms with Crippen LogP contribution in [-0.4, -0.2) is 23.6 Å². The summed E-state index contributed by atoms with van der Waals surface area (Å²) in [6, 6.07) is 8.22. The molecule has 0 saturated heterocycles. The molecule has 1 fully saturated rings. The lowest BCUT2D eigenvalue weighted by Gasteiger charge is -2.02. The molecule has 1 aromatic carbocycles. The Morgan fingerprint density at radius 1 is 1.48 bits per heavy atom. The molecule has 1 aliphatic rings. The van der Waals surface area contributed by atoms with Crippen LogP contribution in [-0.2, 0) is 9.53 Å². The largest absolute Gasteiger partial charge is 0.466 e. The molecule has 0 radical (unpaired) electrons. The number of hydrogen-bond acceptors (Lipinski definition) is 5. The topological polar surface area (TPSA) is 51.2 Å². The monoisotopic (exact) mass is 366 g/mol. The minimum Gasteiger partial charge on any atom is -0.466 e. The van der Waals surface area contributed by atoms with Crippen LogP contribution in [0.15, 0.2) is 34.1 Å². The first-order chi connectivity index (χ1) is 10.2. The molecule has 6 heteroatoms. The summed E-state index contributed by atoms with van der Waals surface area (Å²) < 4.78 is 6.07. The molecule has 1 aromatic heterocycles. The number of hydrogen-bond donors (Lipinski definition) is 1. The van der Waals surface area contributed by atoms with Crippen LogP contribution in [0, 0.1) is 5.92 Å². The van der Waals surface area contributed by atoms with Gasteiger partial charge in [-0.3, -0.25) is 4.79 Å². The van der Waals surface area contributed by atoms with Gasteiger partial charge in [-0.25, -0.2) is 4.98 Å². The number of nitrogens with zero attached hydrogens (tertiary/aromatic N) is 1. The second-order valence-electron chi connectivity index (χ2n) is 4.89. The highest BCUT2D eigenvalue weighted by Gasteiger charge is 2.44. The fourth-order valence-corrected chi connectivity index (χ4v) is 3.16. The Kier molecular flexibility index (Phi) is 4.26. The zero-order valence-corrected chi connectivity index (χ0v) is 13.9. The van der Waals surface area contributed by atoms with Gasteiger partial charge in [-0.05, 0) is 25.5 Å². The number of ether oxygens (including phenoxy) is 1. The number of benzene rings is 1. The Labute approximate surface area is 135 Å². The van der Waals surface area contributed by atoms with Gasteiger partial charge < -0.3 is 10.1 Å². The third-order valence-electron chi connectivity index (χ3n) is 3.33. The van der Waals surface area contributed by atoms with Crippen molar-refractivity contribution >= 4 is 38.4 Å². The van der Waals surface area contributed by atoms with E-state index in [1.54, 1.807) is 11.3 Å². The Morgan fingerprint density at radius 2 is 2.24 bits per heavy atom. The average molecular weight is 367 g/mol.